The van der Waals surface area contributed by atoms with Gasteiger partial charge in [0.2, 0.25) is 0 Å². The third kappa shape index (κ3) is 3.27. The first-order chi connectivity index (χ1) is 11.8. The largest absolute Gasteiger partial charge is 0.479 e. The van der Waals surface area contributed by atoms with Crippen molar-refractivity contribution in [2.45, 2.75) is 19.6 Å². The average molecular weight is 401 g/mol. The van der Waals surface area contributed by atoms with Gasteiger partial charge in [0.05, 0.1) is 27.8 Å². The monoisotopic (exact) mass is 399 g/mol. The molecule has 0 bridgehead atoms. The Labute approximate surface area is 158 Å². The highest BCUT2D eigenvalue weighted by Crippen LogP contribution is 2.39. The fourth-order valence-electron chi connectivity index (χ4n) is 2.58. The highest BCUT2D eigenvalue weighted by molar-refractivity contribution is 6.44. The summed E-state index contributed by atoms with van der Waals surface area (Å²) in [6, 6.07) is 7.48. The van der Waals surface area contributed by atoms with E-state index in [0.29, 0.717) is 27.0 Å². The van der Waals surface area contributed by atoms with Crippen LogP contribution in [0.1, 0.15) is 22.8 Å². The maximum atomic E-state index is 12.6. The van der Waals surface area contributed by atoms with E-state index in [-0.39, 0.29) is 23.0 Å². The lowest BCUT2D eigenvalue weighted by Gasteiger charge is -2.33. The van der Waals surface area contributed by atoms with Crippen molar-refractivity contribution in [3.63, 3.8) is 0 Å². The lowest BCUT2D eigenvalue weighted by atomic mass is 10.1. The zero-order chi connectivity index (χ0) is 18.3. The number of nitrogens with zero attached hydrogens (tertiary/aromatic N) is 1. The van der Waals surface area contributed by atoms with Gasteiger partial charge in [-0.15, -0.1) is 0 Å². The van der Waals surface area contributed by atoms with Gasteiger partial charge in [-0.2, -0.15) is 0 Å². The zero-order valence-corrected chi connectivity index (χ0v) is 15.2. The molecule has 0 aromatic heterocycles. The number of amides is 1. The lowest BCUT2D eigenvalue weighted by molar-refractivity contribution is -0.125. The van der Waals surface area contributed by atoms with E-state index in [9.17, 15) is 14.7 Å². The molecule has 0 aliphatic carbocycles. The van der Waals surface area contributed by atoms with Crippen LogP contribution in [-0.4, -0.2) is 23.1 Å². The number of ether oxygens (including phenoxy) is 1. The number of carbonyl (C=O) groups is 2. The number of carboxylic acid groups (broad SMARTS) is 1. The first-order valence-corrected chi connectivity index (χ1v) is 8.40. The molecule has 2 aromatic carbocycles. The zero-order valence-electron chi connectivity index (χ0n) is 12.9. The van der Waals surface area contributed by atoms with E-state index in [1.54, 1.807) is 19.1 Å². The van der Waals surface area contributed by atoms with Gasteiger partial charge in [0.25, 0.3) is 5.91 Å². The molecule has 0 radical (unpaired) electrons. The highest BCUT2D eigenvalue weighted by atomic mass is 35.5. The minimum absolute atomic E-state index is 0.0398. The number of hydrogen-bond donors (Lipinski definition) is 1. The molecule has 1 heterocycles. The van der Waals surface area contributed by atoms with Crippen molar-refractivity contribution in [1.29, 1.82) is 0 Å². The second-order valence-corrected chi connectivity index (χ2v) is 6.69. The minimum atomic E-state index is -1.10. The molecule has 130 valence electrons. The second kappa shape index (κ2) is 6.75. The van der Waals surface area contributed by atoms with Crippen LogP contribution in [0.25, 0.3) is 0 Å². The summed E-state index contributed by atoms with van der Waals surface area (Å²) >= 11 is 18.5. The Kier molecular flexibility index (Phi) is 4.82. The number of rotatable bonds is 3. The maximum Gasteiger partial charge on any atom is 0.335 e. The van der Waals surface area contributed by atoms with Gasteiger partial charge >= 0.3 is 5.97 Å². The first-order valence-electron chi connectivity index (χ1n) is 7.27. The number of halogens is 3. The molecule has 2 aromatic rings. The molecule has 1 N–H and O–H groups in total. The predicted octanol–water partition coefficient (Wildman–Crippen LogP) is 4.66. The smallest absolute Gasteiger partial charge is 0.335 e. The lowest BCUT2D eigenvalue weighted by Crippen LogP contribution is -2.44. The first kappa shape index (κ1) is 17.9. The molecule has 0 saturated heterocycles. The molecule has 1 aliphatic heterocycles. The SMILES string of the molecule is CC1Oc2ccc(C(=O)O)cc2N(Cc2c(Cl)ccc(Cl)c2Cl)C1=O. The highest BCUT2D eigenvalue weighted by Gasteiger charge is 2.33. The summed E-state index contributed by atoms with van der Waals surface area (Å²) in [6.45, 7) is 1.66. The van der Waals surface area contributed by atoms with E-state index in [4.69, 9.17) is 39.5 Å². The van der Waals surface area contributed by atoms with Crippen molar-refractivity contribution < 1.29 is 19.4 Å². The number of hydrogen-bond acceptors (Lipinski definition) is 3. The molecule has 0 fully saturated rings. The predicted molar refractivity (Wildman–Crippen MR) is 96.2 cm³/mol. The molecule has 8 heteroatoms. The number of fused-ring (bicyclic) bond motifs is 1. The van der Waals surface area contributed by atoms with Crippen LogP contribution in [0.3, 0.4) is 0 Å². The molecule has 1 atom stereocenters. The van der Waals surface area contributed by atoms with Gasteiger partial charge in [0.15, 0.2) is 6.10 Å². The summed E-state index contributed by atoms with van der Waals surface area (Å²) in [5, 5.41) is 10.1. The van der Waals surface area contributed by atoms with E-state index < -0.39 is 12.1 Å². The Bertz CT molecular complexity index is 884. The molecular weight excluding hydrogens is 389 g/mol. The number of carboxylic acids is 1. The van der Waals surface area contributed by atoms with Gasteiger partial charge in [-0.05, 0) is 37.3 Å². The molecule has 0 spiro atoms. The molecule has 5 nitrogen and oxygen atoms in total. The Morgan fingerprint density at radius 2 is 1.88 bits per heavy atom. The van der Waals surface area contributed by atoms with E-state index in [0.717, 1.165) is 0 Å². The number of anilines is 1. The van der Waals surface area contributed by atoms with Crippen molar-refractivity contribution >= 4 is 52.4 Å². The van der Waals surface area contributed by atoms with E-state index in [2.05, 4.69) is 0 Å². The molecule has 1 aliphatic rings. The van der Waals surface area contributed by atoms with Gasteiger partial charge < -0.3 is 14.7 Å². The molecule has 0 saturated carbocycles. The summed E-state index contributed by atoms with van der Waals surface area (Å²) in [7, 11) is 0. The molecular formula is C17H12Cl3NO4. The van der Waals surface area contributed by atoms with Crippen molar-refractivity contribution in [3.8, 4) is 5.75 Å². The van der Waals surface area contributed by atoms with Crippen LogP contribution >= 0.6 is 34.8 Å². The van der Waals surface area contributed by atoms with Crippen molar-refractivity contribution in [2.24, 2.45) is 0 Å². The van der Waals surface area contributed by atoms with Gasteiger partial charge in [0, 0.05) is 10.6 Å². The Morgan fingerprint density at radius 3 is 2.56 bits per heavy atom. The Morgan fingerprint density at radius 1 is 1.20 bits per heavy atom. The van der Waals surface area contributed by atoms with Crippen molar-refractivity contribution in [2.75, 3.05) is 4.90 Å². The molecule has 1 unspecified atom stereocenters. The topological polar surface area (TPSA) is 66.8 Å². The number of aromatic carboxylic acids is 1. The standard InChI is InChI=1S/C17H12Cl3NO4/c1-8-16(22)21(7-10-11(18)3-4-12(19)15(10)20)13-6-9(17(23)24)2-5-14(13)25-8/h2-6,8H,7H2,1H3,(H,23,24). The van der Waals surface area contributed by atoms with E-state index in [1.165, 1.54) is 23.1 Å². The van der Waals surface area contributed by atoms with Crippen LogP contribution in [0.4, 0.5) is 5.69 Å². The Hall–Kier alpha value is -1.95. The van der Waals surface area contributed by atoms with Crippen LogP contribution in [-0.2, 0) is 11.3 Å². The summed E-state index contributed by atoms with van der Waals surface area (Å²) < 4.78 is 5.55. The maximum absolute atomic E-state index is 12.6. The van der Waals surface area contributed by atoms with Crippen LogP contribution in [0.5, 0.6) is 5.75 Å². The van der Waals surface area contributed by atoms with E-state index >= 15 is 0 Å². The molecule has 25 heavy (non-hydrogen) atoms. The van der Waals surface area contributed by atoms with Crippen LogP contribution in [0, 0.1) is 0 Å². The Balaban J connectivity index is 2.10. The summed E-state index contributed by atoms with van der Waals surface area (Å²) in [5.74, 6) is -1.03. The van der Waals surface area contributed by atoms with Crippen LogP contribution < -0.4 is 9.64 Å². The quantitative estimate of drug-likeness (QED) is 0.761. The number of benzene rings is 2. The third-order valence-corrected chi connectivity index (χ3v) is 5.07. The van der Waals surface area contributed by atoms with Crippen molar-refractivity contribution in [1.82, 2.24) is 0 Å². The van der Waals surface area contributed by atoms with Crippen molar-refractivity contribution in [3.05, 3.63) is 56.5 Å². The van der Waals surface area contributed by atoms with E-state index in [1.807, 2.05) is 0 Å². The summed E-state index contributed by atoms with van der Waals surface area (Å²) in [4.78, 5) is 25.3. The normalized spacial score (nSPS) is 16.4. The van der Waals surface area contributed by atoms with Gasteiger partial charge in [-0.3, -0.25) is 4.79 Å². The van der Waals surface area contributed by atoms with Gasteiger partial charge in [-0.1, -0.05) is 34.8 Å². The van der Waals surface area contributed by atoms with Crippen LogP contribution in [0.15, 0.2) is 30.3 Å². The average Bonchev–Trinajstić information content (AvgIpc) is 2.57. The number of carbonyl (C=O) groups excluding carboxylic acids is 1. The fraction of sp³-hybridized carbons (Fsp3) is 0.176. The molecule has 3 rings (SSSR count). The molecule has 1 amide bonds. The minimum Gasteiger partial charge on any atom is -0.479 e. The second-order valence-electron chi connectivity index (χ2n) is 5.49. The third-order valence-electron chi connectivity index (χ3n) is 3.87. The summed E-state index contributed by atoms with van der Waals surface area (Å²) in [5.41, 5.74) is 0.859. The fourth-order valence-corrected chi connectivity index (χ4v) is 3.24. The summed E-state index contributed by atoms with van der Waals surface area (Å²) in [6.07, 6.45) is -0.722. The van der Waals surface area contributed by atoms with Crippen LogP contribution in [0.2, 0.25) is 15.1 Å². The van der Waals surface area contributed by atoms with Gasteiger partial charge in [0.1, 0.15) is 5.75 Å². The van der Waals surface area contributed by atoms with Gasteiger partial charge in [-0.25, -0.2) is 4.79 Å².